The van der Waals surface area contributed by atoms with Crippen LogP contribution in [-0.4, -0.2) is 46.9 Å². The zero-order valence-corrected chi connectivity index (χ0v) is 16.4. The third-order valence-electron chi connectivity index (χ3n) is 3.64. The second-order valence-electron chi connectivity index (χ2n) is 5.83. The predicted octanol–water partition coefficient (Wildman–Crippen LogP) is 2.86. The average Bonchev–Trinajstić information content (AvgIpc) is 3.03. The summed E-state index contributed by atoms with van der Waals surface area (Å²) in [5, 5.41) is 5.00. The van der Waals surface area contributed by atoms with Gasteiger partial charge < -0.3 is 15.0 Å². The molecule has 10 heteroatoms. The molecule has 0 radical (unpaired) electrons. The fraction of sp³-hybridized carbons (Fsp3) is 0.312. The van der Waals surface area contributed by atoms with E-state index in [1.54, 1.807) is 6.07 Å². The molecule has 26 heavy (non-hydrogen) atoms. The van der Waals surface area contributed by atoms with E-state index in [0.717, 1.165) is 25.0 Å². The van der Waals surface area contributed by atoms with Gasteiger partial charge in [0.1, 0.15) is 0 Å². The standard InChI is InChI=1S/C16H18ClN3O4S2/c1-26(22,23)19-13-7-11(17)6-12(8-13)18-16(21)15-9-14(10-25-15)20-2-4-24-5-3-20/h6-10,19H,2-5H2,1H3,(H,18,21). The molecular formula is C16H18ClN3O4S2. The highest BCUT2D eigenvalue weighted by molar-refractivity contribution is 7.92. The first-order valence-electron chi connectivity index (χ1n) is 7.81. The summed E-state index contributed by atoms with van der Waals surface area (Å²) >= 11 is 7.36. The monoisotopic (exact) mass is 415 g/mol. The van der Waals surface area contributed by atoms with Crippen molar-refractivity contribution in [2.45, 2.75) is 0 Å². The number of thiophene rings is 1. The number of amides is 1. The van der Waals surface area contributed by atoms with Crippen LogP contribution >= 0.6 is 22.9 Å². The topological polar surface area (TPSA) is 87.7 Å². The van der Waals surface area contributed by atoms with Crippen molar-refractivity contribution >= 4 is 55.9 Å². The second kappa shape index (κ2) is 7.83. The van der Waals surface area contributed by atoms with Gasteiger partial charge in [0, 0.05) is 34.9 Å². The maximum absolute atomic E-state index is 12.5. The van der Waals surface area contributed by atoms with E-state index in [1.165, 1.54) is 23.5 Å². The predicted molar refractivity (Wildman–Crippen MR) is 105 cm³/mol. The first-order valence-corrected chi connectivity index (χ1v) is 11.0. The number of sulfonamides is 1. The molecule has 0 saturated carbocycles. The van der Waals surface area contributed by atoms with Crippen LogP contribution in [0.3, 0.4) is 0 Å². The Balaban J connectivity index is 1.72. The molecule has 1 aliphatic heterocycles. The Labute approximate surface area is 161 Å². The maximum atomic E-state index is 12.5. The van der Waals surface area contributed by atoms with Crippen LogP contribution in [0.25, 0.3) is 0 Å². The first kappa shape index (κ1) is 19.0. The van der Waals surface area contributed by atoms with Gasteiger partial charge >= 0.3 is 0 Å². The molecule has 1 aromatic heterocycles. The number of carbonyl (C=O) groups excluding carboxylic acids is 1. The highest BCUT2D eigenvalue weighted by atomic mass is 35.5. The Bertz CT molecular complexity index is 908. The summed E-state index contributed by atoms with van der Waals surface area (Å²) in [4.78, 5) is 15.2. The van der Waals surface area contributed by atoms with Crippen molar-refractivity contribution < 1.29 is 17.9 Å². The molecule has 1 fully saturated rings. The van der Waals surface area contributed by atoms with Gasteiger partial charge in [0.2, 0.25) is 10.0 Å². The number of benzene rings is 1. The van der Waals surface area contributed by atoms with E-state index in [1.807, 2.05) is 11.4 Å². The number of carbonyl (C=O) groups is 1. The lowest BCUT2D eigenvalue weighted by Crippen LogP contribution is -2.35. The van der Waals surface area contributed by atoms with Gasteiger partial charge in [-0.15, -0.1) is 11.3 Å². The highest BCUT2D eigenvalue weighted by Gasteiger charge is 2.16. The van der Waals surface area contributed by atoms with Gasteiger partial charge in [0.05, 0.1) is 30.0 Å². The van der Waals surface area contributed by atoms with Gasteiger partial charge in [-0.3, -0.25) is 9.52 Å². The number of hydrogen-bond donors (Lipinski definition) is 2. The van der Waals surface area contributed by atoms with E-state index in [2.05, 4.69) is 14.9 Å². The minimum Gasteiger partial charge on any atom is -0.378 e. The number of anilines is 3. The Kier molecular flexibility index (Phi) is 5.71. The van der Waals surface area contributed by atoms with E-state index in [4.69, 9.17) is 16.3 Å². The van der Waals surface area contributed by atoms with Crippen molar-refractivity contribution in [3.05, 3.63) is 39.5 Å². The van der Waals surface area contributed by atoms with Gasteiger partial charge in [-0.05, 0) is 24.3 Å². The third-order valence-corrected chi connectivity index (χ3v) is 5.39. The van der Waals surface area contributed by atoms with E-state index in [9.17, 15) is 13.2 Å². The molecule has 1 saturated heterocycles. The van der Waals surface area contributed by atoms with Crippen molar-refractivity contribution in [2.75, 3.05) is 47.5 Å². The van der Waals surface area contributed by atoms with Gasteiger partial charge in [-0.2, -0.15) is 0 Å². The number of ether oxygens (including phenoxy) is 1. The van der Waals surface area contributed by atoms with Crippen molar-refractivity contribution in [3.8, 4) is 0 Å². The second-order valence-corrected chi connectivity index (χ2v) is 8.92. The molecule has 2 heterocycles. The lowest BCUT2D eigenvalue weighted by Gasteiger charge is -2.27. The van der Waals surface area contributed by atoms with Crippen LogP contribution in [-0.2, 0) is 14.8 Å². The van der Waals surface area contributed by atoms with E-state index >= 15 is 0 Å². The molecule has 0 bridgehead atoms. The minimum absolute atomic E-state index is 0.276. The maximum Gasteiger partial charge on any atom is 0.265 e. The average molecular weight is 416 g/mol. The largest absolute Gasteiger partial charge is 0.378 e. The molecule has 3 rings (SSSR count). The van der Waals surface area contributed by atoms with Crippen molar-refractivity contribution in [3.63, 3.8) is 0 Å². The van der Waals surface area contributed by atoms with Crippen molar-refractivity contribution in [2.24, 2.45) is 0 Å². The molecule has 2 aromatic rings. The number of rotatable bonds is 5. The summed E-state index contributed by atoms with van der Waals surface area (Å²) in [7, 11) is -3.44. The molecule has 7 nitrogen and oxygen atoms in total. The summed E-state index contributed by atoms with van der Waals surface area (Å²) in [5.74, 6) is -0.276. The van der Waals surface area contributed by atoms with Gasteiger partial charge in [-0.25, -0.2) is 8.42 Å². The molecule has 1 aromatic carbocycles. The van der Waals surface area contributed by atoms with Crippen molar-refractivity contribution in [1.82, 2.24) is 0 Å². The number of nitrogens with one attached hydrogen (secondary N) is 2. The van der Waals surface area contributed by atoms with E-state index in [0.29, 0.717) is 28.8 Å². The number of nitrogens with zero attached hydrogens (tertiary/aromatic N) is 1. The lowest BCUT2D eigenvalue weighted by atomic mass is 10.2. The number of hydrogen-bond acceptors (Lipinski definition) is 6. The Morgan fingerprint density at radius 2 is 1.88 bits per heavy atom. The Hall–Kier alpha value is -1.81. The minimum atomic E-state index is -3.44. The Morgan fingerprint density at radius 1 is 1.19 bits per heavy atom. The van der Waals surface area contributed by atoms with Gasteiger partial charge in [-0.1, -0.05) is 11.6 Å². The molecule has 1 aliphatic rings. The SMILES string of the molecule is CS(=O)(=O)Nc1cc(Cl)cc(NC(=O)c2cc(N3CCOCC3)cs2)c1. The van der Waals surface area contributed by atoms with Crippen molar-refractivity contribution in [1.29, 1.82) is 0 Å². The summed E-state index contributed by atoms with van der Waals surface area (Å²) in [6, 6.07) is 6.39. The normalized spacial score (nSPS) is 14.9. The van der Waals surface area contributed by atoms with Crippen LogP contribution in [0.15, 0.2) is 29.6 Å². The fourth-order valence-electron chi connectivity index (χ4n) is 2.56. The smallest absolute Gasteiger partial charge is 0.265 e. The molecule has 0 unspecified atom stereocenters. The number of halogens is 1. The van der Waals surface area contributed by atoms with Crippen LogP contribution in [0, 0.1) is 0 Å². The first-order chi connectivity index (χ1) is 12.3. The summed E-state index contributed by atoms with van der Waals surface area (Å²) in [6.07, 6.45) is 1.05. The summed E-state index contributed by atoms with van der Waals surface area (Å²) in [6.45, 7) is 2.95. The summed E-state index contributed by atoms with van der Waals surface area (Å²) < 4.78 is 30.4. The van der Waals surface area contributed by atoms with Gasteiger partial charge in [0.25, 0.3) is 5.91 Å². The summed E-state index contributed by atoms with van der Waals surface area (Å²) in [5.41, 5.74) is 1.69. The third kappa shape index (κ3) is 5.10. The van der Waals surface area contributed by atoms with E-state index < -0.39 is 10.0 Å². The zero-order chi connectivity index (χ0) is 18.7. The fourth-order valence-corrected chi connectivity index (χ4v) is 4.15. The molecule has 0 spiro atoms. The molecule has 0 atom stereocenters. The van der Waals surface area contributed by atoms with E-state index in [-0.39, 0.29) is 11.6 Å². The van der Waals surface area contributed by atoms with Gasteiger partial charge in [0.15, 0.2) is 0 Å². The van der Waals surface area contributed by atoms with Crippen LogP contribution in [0.1, 0.15) is 9.67 Å². The lowest BCUT2D eigenvalue weighted by molar-refractivity contribution is 0.103. The molecule has 1 amide bonds. The van der Waals surface area contributed by atoms with Crippen LogP contribution in [0.4, 0.5) is 17.1 Å². The van der Waals surface area contributed by atoms with Crippen LogP contribution < -0.4 is 14.9 Å². The molecular weight excluding hydrogens is 398 g/mol. The number of morpholine rings is 1. The van der Waals surface area contributed by atoms with Crippen LogP contribution in [0.2, 0.25) is 5.02 Å². The molecule has 140 valence electrons. The van der Waals surface area contributed by atoms with Crippen LogP contribution in [0.5, 0.6) is 0 Å². The molecule has 2 N–H and O–H groups in total. The molecule has 0 aliphatic carbocycles. The zero-order valence-electron chi connectivity index (χ0n) is 14.0. The highest BCUT2D eigenvalue weighted by Crippen LogP contribution is 2.27. The Morgan fingerprint density at radius 3 is 2.58 bits per heavy atom. The quantitative estimate of drug-likeness (QED) is 0.783.